The first-order valence-corrected chi connectivity index (χ1v) is 6.72. The van der Waals surface area contributed by atoms with Crippen molar-refractivity contribution in [3.8, 4) is 11.1 Å². The molecule has 0 aliphatic rings. The van der Waals surface area contributed by atoms with Crippen LogP contribution in [0.3, 0.4) is 0 Å². The van der Waals surface area contributed by atoms with Crippen molar-refractivity contribution < 1.29 is 8.80 Å². The predicted molar refractivity (Wildman–Crippen MR) is 78.2 cm³/mol. The molecule has 0 amide bonds. The zero-order valence-corrected chi connectivity index (χ0v) is 11.0. The maximum absolute atomic E-state index is 2.18. The summed E-state index contributed by atoms with van der Waals surface area (Å²) in [5.41, 5.74) is 4.92. The molecule has 0 aliphatic heterocycles. The highest BCUT2D eigenvalue weighted by Crippen LogP contribution is 2.24. The molecule has 0 N–H and O–H groups in total. The minimum atomic E-state index is 1.21. The third kappa shape index (κ3) is 1.66. The fraction of sp³-hybridized carbons (Fsp3) is 0. The highest BCUT2D eigenvalue weighted by molar-refractivity contribution is 5.85. The largest absolute Gasteiger partial charge is 0.218 e. The van der Waals surface area contributed by atoms with Gasteiger partial charge in [-0.25, -0.2) is 0 Å². The van der Waals surface area contributed by atoms with Gasteiger partial charge < -0.3 is 0 Å². The van der Waals surface area contributed by atoms with E-state index in [1.807, 2.05) is 0 Å². The average molecular weight is 258 g/mol. The van der Waals surface area contributed by atoms with Gasteiger partial charge in [-0.15, -0.1) is 0 Å². The molecular weight excluding hydrogens is 244 g/mol. The molecule has 0 unspecified atom stereocenters. The van der Waals surface area contributed by atoms with Crippen LogP contribution in [0.5, 0.6) is 0 Å². The summed E-state index contributed by atoms with van der Waals surface area (Å²) in [6.07, 6.45) is 8.32. The number of fused-ring (bicyclic) bond motifs is 2. The van der Waals surface area contributed by atoms with Gasteiger partial charge in [-0.2, -0.15) is 8.80 Å². The molecule has 0 aromatic carbocycles. The Morgan fingerprint density at radius 3 is 1.40 bits per heavy atom. The van der Waals surface area contributed by atoms with Crippen LogP contribution in [0, 0.1) is 0 Å². The van der Waals surface area contributed by atoms with Crippen LogP contribution in [-0.4, -0.2) is 0 Å². The third-order valence-electron chi connectivity index (χ3n) is 3.64. The van der Waals surface area contributed by atoms with E-state index in [1.165, 1.54) is 22.2 Å². The second-order valence-corrected chi connectivity index (χ2v) is 4.83. The first-order valence-electron chi connectivity index (χ1n) is 6.72. The quantitative estimate of drug-likeness (QED) is 0.464. The standard InChI is InChI=1S/C18H14N2/c1-3-11-19-13-5-7-15(17(19)9-1)16-8-6-14-20-12-4-2-10-18(16)20/h1-14H/q+2. The van der Waals surface area contributed by atoms with Crippen LogP contribution in [0.4, 0.5) is 0 Å². The molecule has 0 saturated heterocycles. The molecule has 0 atom stereocenters. The molecule has 0 saturated carbocycles. The number of aromatic nitrogens is 2. The van der Waals surface area contributed by atoms with Gasteiger partial charge in [0.25, 0.3) is 0 Å². The molecule has 4 aromatic rings. The summed E-state index contributed by atoms with van der Waals surface area (Å²) in [4.78, 5) is 0. The Balaban J connectivity index is 2.12. The Kier molecular flexibility index (Phi) is 2.46. The van der Waals surface area contributed by atoms with Crippen LogP contribution >= 0.6 is 0 Å². The molecule has 4 heterocycles. The van der Waals surface area contributed by atoms with Crippen molar-refractivity contribution in [2.24, 2.45) is 0 Å². The Hall–Kier alpha value is -2.74. The number of hydrogen-bond donors (Lipinski definition) is 0. The monoisotopic (exact) mass is 258 g/mol. The molecule has 0 fully saturated rings. The summed E-state index contributed by atoms with van der Waals surface area (Å²) >= 11 is 0. The van der Waals surface area contributed by atoms with E-state index in [9.17, 15) is 0 Å². The highest BCUT2D eigenvalue weighted by atomic mass is 14.9. The van der Waals surface area contributed by atoms with Gasteiger partial charge in [0, 0.05) is 36.4 Å². The lowest BCUT2D eigenvalue weighted by molar-refractivity contribution is -0.513. The minimum absolute atomic E-state index is 1.21. The van der Waals surface area contributed by atoms with E-state index in [-0.39, 0.29) is 0 Å². The van der Waals surface area contributed by atoms with Crippen LogP contribution in [0.15, 0.2) is 85.5 Å². The smallest absolute Gasteiger partial charge is 0.167 e. The second kappa shape index (κ2) is 4.42. The van der Waals surface area contributed by atoms with Gasteiger partial charge in [0.1, 0.15) is 0 Å². The summed E-state index contributed by atoms with van der Waals surface area (Å²) in [7, 11) is 0. The molecular formula is C18H14N2+2. The van der Waals surface area contributed by atoms with Gasteiger partial charge in [-0.05, 0) is 24.3 Å². The Morgan fingerprint density at radius 2 is 0.900 bits per heavy atom. The van der Waals surface area contributed by atoms with Gasteiger partial charge in [0.2, 0.25) is 11.0 Å². The highest BCUT2D eigenvalue weighted by Gasteiger charge is 2.15. The lowest BCUT2D eigenvalue weighted by atomic mass is 10.0. The molecule has 2 heteroatoms. The summed E-state index contributed by atoms with van der Waals surface area (Å²) in [5.74, 6) is 0. The number of nitrogens with zero attached hydrogens (tertiary/aromatic N) is 2. The second-order valence-electron chi connectivity index (χ2n) is 4.83. The summed E-state index contributed by atoms with van der Waals surface area (Å²) in [5, 5.41) is 0. The van der Waals surface area contributed by atoms with Gasteiger partial charge in [-0.3, -0.25) is 0 Å². The Morgan fingerprint density at radius 1 is 0.450 bits per heavy atom. The van der Waals surface area contributed by atoms with E-state index in [0.717, 1.165) is 0 Å². The van der Waals surface area contributed by atoms with Crippen molar-refractivity contribution in [2.75, 3.05) is 0 Å². The van der Waals surface area contributed by atoms with E-state index in [0.29, 0.717) is 0 Å². The van der Waals surface area contributed by atoms with Gasteiger partial charge in [0.05, 0.1) is 11.1 Å². The van der Waals surface area contributed by atoms with Crippen molar-refractivity contribution >= 4 is 11.0 Å². The van der Waals surface area contributed by atoms with Crippen molar-refractivity contribution in [1.29, 1.82) is 0 Å². The minimum Gasteiger partial charge on any atom is -0.167 e. The Labute approximate surface area is 117 Å². The molecule has 4 rings (SSSR count). The summed E-state index contributed by atoms with van der Waals surface area (Å²) in [6, 6.07) is 21.1. The van der Waals surface area contributed by atoms with Crippen LogP contribution in [-0.2, 0) is 0 Å². The van der Waals surface area contributed by atoms with Crippen LogP contribution in [0.2, 0.25) is 0 Å². The fourth-order valence-corrected chi connectivity index (χ4v) is 2.72. The van der Waals surface area contributed by atoms with Gasteiger partial charge in [0.15, 0.2) is 24.8 Å². The van der Waals surface area contributed by atoms with E-state index in [4.69, 9.17) is 0 Å². The SMILES string of the molecule is c1cc[n+]2cccc(-c3ccc[n+]4ccccc34)c2c1. The van der Waals surface area contributed by atoms with Crippen LogP contribution in [0.25, 0.3) is 22.2 Å². The summed E-state index contributed by atoms with van der Waals surface area (Å²) < 4.78 is 4.31. The normalized spacial score (nSPS) is 11.0. The van der Waals surface area contributed by atoms with E-state index < -0.39 is 0 Å². The number of rotatable bonds is 1. The van der Waals surface area contributed by atoms with Crippen molar-refractivity contribution in [3.63, 3.8) is 0 Å². The van der Waals surface area contributed by atoms with Crippen LogP contribution in [0.1, 0.15) is 0 Å². The zero-order chi connectivity index (χ0) is 13.4. The topological polar surface area (TPSA) is 8.20 Å². The van der Waals surface area contributed by atoms with E-state index in [1.54, 1.807) is 0 Å². The first kappa shape index (κ1) is 11.1. The molecule has 4 aromatic heterocycles. The average Bonchev–Trinajstić information content (AvgIpc) is 2.54. The fourth-order valence-electron chi connectivity index (χ4n) is 2.72. The maximum Gasteiger partial charge on any atom is 0.218 e. The summed E-state index contributed by atoms with van der Waals surface area (Å²) in [6.45, 7) is 0. The predicted octanol–water partition coefficient (Wildman–Crippen LogP) is 2.83. The van der Waals surface area contributed by atoms with Crippen molar-refractivity contribution in [2.45, 2.75) is 0 Å². The molecule has 0 bridgehead atoms. The molecule has 0 radical (unpaired) electrons. The molecule has 20 heavy (non-hydrogen) atoms. The molecule has 0 aliphatic carbocycles. The van der Waals surface area contributed by atoms with Gasteiger partial charge in [-0.1, -0.05) is 0 Å². The third-order valence-corrected chi connectivity index (χ3v) is 3.64. The van der Waals surface area contributed by atoms with E-state index in [2.05, 4.69) is 94.3 Å². The molecule has 2 nitrogen and oxygen atoms in total. The lowest BCUT2D eigenvalue weighted by Gasteiger charge is -2.02. The Bertz CT molecular complexity index is 825. The van der Waals surface area contributed by atoms with E-state index >= 15 is 0 Å². The lowest BCUT2D eigenvalue weighted by Crippen LogP contribution is -2.22. The van der Waals surface area contributed by atoms with Gasteiger partial charge >= 0.3 is 0 Å². The molecule has 94 valence electrons. The molecule has 0 spiro atoms. The van der Waals surface area contributed by atoms with Crippen molar-refractivity contribution in [1.82, 2.24) is 0 Å². The number of hydrogen-bond acceptors (Lipinski definition) is 0. The van der Waals surface area contributed by atoms with Crippen LogP contribution < -0.4 is 8.80 Å². The number of pyridine rings is 4. The first-order chi connectivity index (χ1) is 9.93. The van der Waals surface area contributed by atoms with Crippen molar-refractivity contribution in [3.05, 3.63) is 85.5 Å². The zero-order valence-electron chi connectivity index (χ0n) is 11.0. The maximum atomic E-state index is 2.18.